The van der Waals surface area contributed by atoms with Crippen molar-refractivity contribution in [3.05, 3.63) is 24.1 Å². The third-order valence-electron chi connectivity index (χ3n) is 6.08. The van der Waals surface area contributed by atoms with Crippen LogP contribution in [0.1, 0.15) is 19.2 Å². The van der Waals surface area contributed by atoms with Crippen molar-refractivity contribution in [1.82, 2.24) is 24.8 Å². The second-order valence-electron chi connectivity index (χ2n) is 7.90. The van der Waals surface area contributed by atoms with Gasteiger partial charge >= 0.3 is 6.61 Å². The Bertz CT molecular complexity index is 857. The average molecular weight is 437 g/mol. The standard InChI is InChI=1S/C21H29F2N5O3/c1-3-26-8-10-28(11-9-26)16-6-7-27(13-16)14-19-24-20(25-31-19)15-4-5-17(30-21(22)23)18(12-15)29-2/h4-5,12,16,21H,3,6-11,13-14H2,1-2H3. The van der Waals surface area contributed by atoms with Crippen LogP contribution in [0.3, 0.4) is 0 Å². The lowest BCUT2D eigenvalue weighted by Gasteiger charge is -2.37. The Morgan fingerprint density at radius 2 is 1.94 bits per heavy atom. The Hall–Kier alpha value is -2.30. The Kier molecular flexibility index (Phi) is 6.99. The lowest BCUT2D eigenvalue weighted by molar-refractivity contribution is -0.0512. The lowest BCUT2D eigenvalue weighted by Crippen LogP contribution is -2.50. The summed E-state index contributed by atoms with van der Waals surface area (Å²) in [4.78, 5) is 11.9. The molecule has 0 amide bonds. The zero-order chi connectivity index (χ0) is 21.8. The topological polar surface area (TPSA) is 67.1 Å². The van der Waals surface area contributed by atoms with Crippen molar-refractivity contribution in [2.45, 2.75) is 32.5 Å². The van der Waals surface area contributed by atoms with Crippen molar-refractivity contribution in [2.24, 2.45) is 0 Å². The number of nitrogens with zero attached hydrogens (tertiary/aromatic N) is 5. The van der Waals surface area contributed by atoms with E-state index in [0.717, 1.165) is 52.2 Å². The van der Waals surface area contributed by atoms with Crippen molar-refractivity contribution in [3.63, 3.8) is 0 Å². The summed E-state index contributed by atoms with van der Waals surface area (Å²) in [6.45, 7) is 7.56. The number of likely N-dealkylation sites (tertiary alicyclic amines) is 1. The highest BCUT2D eigenvalue weighted by Gasteiger charge is 2.30. The Morgan fingerprint density at radius 3 is 2.65 bits per heavy atom. The van der Waals surface area contributed by atoms with Gasteiger partial charge in [0.1, 0.15) is 0 Å². The SMILES string of the molecule is CCN1CCN(C2CCN(Cc3nc(-c4ccc(OC(F)F)c(OC)c4)no3)C2)CC1. The van der Waals surface area contributed by atoms with Gasteiger partial charge in [0, 0.05) is 50.9 Å². The fourth-order valence-electron chi connectivity index (χ4n) is 4.33. The molecule has 0 saturated carbocycles. The molecule has 2 aromatic rings. The molecule has 0 radical (unpaired) electrons. The second kappa shape index (κ2) is 9.88. The summed E-state index contributed by atoms with van der Waals surface area (Å²) in [5.74, 6) is 1.09. The van der Waals surface area contributed by atoms with Gasteiger partial charge in [0.05, 0.1) is 13.7 Å². The molecule has 8 nitrogen and oxygen atoms in total. The van der Waals surface area contributed by atoms with Crippen molar-refractivity contribution >= 4 is 0 Å². The number of piperazine rings is 1. The molecule has 0 spiro atoms. The van der Waals surface area contributed by atoms with Crippen LogP contribution in [-0.2, 0) is 6.54 Å². The molecule has 31 heavy (non-hydrogen) atoms. The third-order valence-corrected chi connectivity index (χ3v) is 6.08. The van der Waals surface area contributed by atoms with Crippen LogP contribution in [0, 0.1) is 0 Å². The monoisotopic (exact) mass is 437 g/mol. The summed E-state index contributed by atoms with van der Waals surface area (Å²) in [6, 6.07) is 5.16. The Balaban J connectivity index is 1.34. The first-order valence-electron chi connectivity index (χ1n) is 10.7. The number of benzene rings is 1. The van der Waals surface area contributed by atoms with E-state index in [2.05, 4.69) is 36.5 Å². The molecule has 2 aliphatic heterocycles. The minimum absolute atomic E-state index is 0.0344. The van der Waals surface area contributed by atoms with E-state index in [0.29, 0.717) is 29.9 Å². The Labute approximate surface area is 180 Å². The fraction of sp³-hybridized carbons (Fsp3) is 0.619. The van der Waals surface area contributed by atoms with Crippen molar-refractivity contribution in [2.75, 3.05) is 52.9 Å². The molecular weight excluding hydrogens is 408 g/mol. The highest BCUT2D eigenvalue weighted by atomic mass is 19.3. The molecule has 3 heterocycles. The van der Waals surface area contributed by atoms with Gasteiger partial charge in [-0.25, -0.2) is 0 Å². The molecule has 1 unspecified atom stereocenters. The number of hydrogen-bond acceptors (Lipinski definition) is 8. The lowest BCUT2D eigenvalue weighted by atomic mass is 10.2. The van der Waals surface area contributed by atoms with Crippen LogP contribution in [0.25, 0.3) is 11.4 Å². The predicted molar refractivity (Wildman–Crippen MR) is 110 cm³/mol. The highest BCUT2D eigenvalue weighted by molar-refractivity contribution is 5.60. The van der Waals surface area contributed by atoms with Crippen LogP contribution in [0.4, 0.5) is 8.78 Å². The quantitative estimate of drug-likeness (QED) is 0.624. The van der Waals surface area contributed by atoms with Crippen molar-refractivity contribution in [3.8, 4) is 22.9 Å². The molecule has 2 saturated heterocycles. The van der Waals surface area contributed by atoms with Gasteiger partial charge in [0.2, 0.25) is 11.7 Å². The average Bonchev–Trinajstić information content (AvgIpc) is 3.44. The van der Waals surface area contributed by atoms with Gasteiger partial charge in [-0.2, -0.15) is 13.8 Å². The largest absolute Gasteiger partial charge is 0.493 e. The molecule has 2 aliphatic rings. The number of alkyl halides is 2. The van der Waals surface area contributed by atoms with Crippen LogP contribution in [0.5, 0.6) is 11.5 Å². The molecule has 2 fully saturated rings. The molecule has 0 aliphatic carbocycles. The van der Waals surface area contributed by atoms with E-state index < -0.39 is 6.61 Å². The minimum atomic E-state index is -2.92. The van der Waals surface area contributed by atoms with Gasteiger partial charge in [0.15, 0.2) is 11.5 Å². The molecule has 0 N–H and O–H groups in total. The highest BCUT2D eigenvalue weighted by Crippen LogP contribution is 2.32. The summed E-state index contributed by atoms with van der Waals surface area (Å²) in [5, 5.41) is 4.05. The normalized spacial score (nSPS) is 21.1. The second-order valence-corrected chi connectivity index (χ2v) is 7.90. The van der Waals surface area contributed by atoms with Crippen LogP contribution in [-0.4, -0.2) is 90.4 Å². The van der Waals surface area contributed by atoms with E-state index >= 15 is 0 Å². The van der Waals surface area contributed by atoms with E-state index in [1.165, 1.54) is 13.2 Å². The van der Waals surface area contributed by atoms with Crippen molar-refractivity contribution < 1.29 is 22.8 Å². The number of hydrogen-bond donors (Lipinski definition) is 0. The summed E-state index contributed by atoms with van der Waals surface area (Å²) in [5.41, 5.74) is 0.613. The summed E-state index contributed by atoms with van der Waals surface area (Å²) in [6.07, 6.45) is 1.15. The van der Waals surface area contributed by atoms with E-state index in [9.17, 15) is 8.78 Å². The van der Waals surface area contributed by atoms with Crippen LogP contribution in [0.2, 0.25) is 0 Å². The number of aromatic nitrogens is 2. The first-order chi connectivity index (χ1) is 15.1. The van der Waals surface area contributed by atoms with E-state index in [1.54, 1.807) is 12.1 Å². The maximum absolute atomic E-state index is 12.5. The first kappa shape index (κ1) is 21.9. The van der Waals surface area contributed by atoms with Gasteiger partial charge in [-0.3, -0.25) is 9.80 Å². The van der Waals surface area contributed by atoms with Crippen LogP contribution >= 0.6 is 0 Å². The summed E-state index contributed by atoms with van der Waals surface area (Å²) >= 11 is 0. The van der Waals surface area contributed by atoms with Crippen LogP contribution in [0.15, 0.2) is 22.7 Å². The van der Waals surface area contributed by atoms with Crippen LogP contribution < -0.4 is 9.47 Å². The zero-order valence-corrected chi connectivity index (χ0v) is 18.0. The number of methoxy groups -OCH3 is 1. The first-order valence-corrected chi connectivity index (χ1v) is 10.7. The zero-order valence-electron chi connectivity index (χ0n) is 18.0. The van der Waals surface area contributed by atoms with Gasteiger partial charge in [-0.15, -0.1) is 0 Å². The van der Waals surface area contributed by atoms with E-state index in [1.807, 2.05) is 0 Å². The smallest absolute Gasteiger partial charge is 0.387 e. The van der Waals surface area contributed by atoms with Gasteiger partial charge in [-0.1, -0.05) is 12.1 Å². The Morgan fingerprint density at radius 1 is 1.13 bits per heavy atom. The molecular formula is C21H29F2N5O3. The molecule has 1 atom stereocenters. The fourth-order valence-corrected chi connectivity index (χ4v) is 4.33. The number of rotatable bonds is 8. The maximum atomic E-state index is 12.5. The molecule has 1 aromatic carbocycles. The van der Waals surface area contributed by atoms with E-state index in [4.69, 9.17) is 9.26 Å². The number of halogens is 2. The number of likely N-dealkylation sites (N-methyl/N-ethyl adjacent to an activating group) is 1. The predicted octanol–water partition coefficient (Wildman–Crippen LogP) is 2.56. The maximum Gasteiger partial charge on any atom is 0.387 e. The molecule has 170 valence electrons. The van der Waals surface area contributed by atoms with Gasteiger partial charge in [0.25, 0.3) is 0 Å². The summed E-state index contributed by atoms with van der Waals surface area (Å²) in [7, 11) is 1.39. The molecule has 1 aromatic heterocycles. The van der Waals surface area contributed by atoms with E-state index in [-0.39, 0.29) is 11.5 Å². The number of ether oxygens (including phenoxy) is 2. The molecule has 0 bridgehead atoms. The van der Waals surface area contributed by atoms with Crippen molar-refractivity contribution in [1.29, 1.82) is 0 Å². The van der Waals surface area contributed by atoms with Gasteiger partial charge in [-0.05, 0) is 31.2 Å². The van der Waals surface area contributed by atoms with Gasteiger partial charge < -0.3 is 18.9 Å². The molecule has 10 heteroatoms. The summed E-state index contributed by atoms with van der Waals surface area (Å²) < 4.78 is 40.1. The third kappa shape index (κ3) is 5.31. The molecule has 4 rings (SSSR count). The minimum Gasteiger partial charge on any atom is -0.493 e.